The van der Waals surface area contributed by atoms with E-state index in [-0.39, 0.29) is 11.7 Å². The van der Waals surface area contributed by atoms with Crippen LogP contribution < -0.4 is 15.7 Å². The van der Waals surface area contributed by atoms with Gasteiger partial charge in [0.1, 0.15) is 5.58 Å². The van der Waals surface area contributed by atoms with E-state index in [1.807, 2.05) is 19.1 Å². The largest absolute Gasteiger partial charge is 0.490 e. The van der Waals surface area contributed by atoms with Gasteiger partial charge in [0.05, 0.1) is 6.61 Å². The molecule has 26 heavy (non-hydrogen) atoms. The minimum Gasteiger partial charge on any atom is -0.490 e. The van der Waals surface area contributed by atoms with Crippen molar-refractivity contribution in [3.8, 4) is 5.75 Å². The second-order valence-electron chi connectivity index (χ2n) is 5.68. The van der Waals surface area contributed by atoms with Crippen LogP contribution >= 0.6 is 0 Å². The number of nitrogens with one attached hydrogen (secondary N) is 1. The van der Waals surface area contributed by atoms with Crippen LogP contribution in [0.4, 0.5) is 5.69 Å². The van der Waals surface area contributed by atoms with Gasteiger partial charge in [-0.25, -0.2) is 4.79 Å². The number of carbonyl (C=O) groups is 1. The number of carbonyl (C=O) groups excluding carboxylic acids is 1. The molecule has 0 spiro atoms. The van der Waals surface area contributed by atoms with Crippen LogP contribution in [0.1, 0.15) is 17.5 Å². The monoisotopic (exact) mass is 349 g/mol. The van der Waals surface area contributed by atoms with Gasteiger partial charge in [-0.05, 0) is 43.3 Å². The van der Waals surface area contributed by atoms with Crippen LogP contribution in [0, 0.1) is 0 Å². The fourth-order valence-electron chi connectivity index (χ4n) is 2.76. The fraction of sp³-hybridized carbons (Fsp3) is 0.100. The third kappa shape index (κ3) is 2.93. The Hall–Kier alpha value is -3.54. The van der Waals surface area contributed by atoms with Crippen molar-refractivity contribution >= 4 is 33.5 Å². The Labute approximate surface area is 148 Å². The van der Waals surface area contributed by atoms with Gasteiger partial charge in [-0.3, -0.25) is 4.79 Å². The minimum atomic E-state index is -0.415. The van der Waals surface area contributed by atoms with E-state index >= 15 is 0 Å². The molecule has 1 amide bonds. The first-order valence-electron chi connectivity index (χ1n) is 8.14. The smallest absolute Gasteiger partial charge is 0.336 e. The van der Waals surface area contributed by atoms with Crippen molar-refractivity contribution in [2.75, 3.05) is 11.9 Å². The number of furan rings is 1. The molecule has 2 heterocycles. The molecule has 0 bridgehead atoms. The molecular weight excluding hydrogens is 334 g/mol. The fourth-order valence-corrected chi connectivity index (χ4v) is 2.76. The van der Waals surface area contributed by atoms with E-state index in [2.05, 4.69) is 5.32 Å². The van der Waals surface area contributed by atoms with Crippen molar-refractivity contribution in [2.24, 2.45) is 0 Å². The molecule has 4 aromatic rings. The highest BCUT2D eigenvalue weighted by atomic mass is 16.5. The second kappa shape index (κ2) is 6.40. The zero-order chi connectivity index (χ0) is 18.1. The topological polar surface area (TPSA) is 81.7 Å². The molecule has 6 heteroatoms. The molecule has 2 aromatic heterocycles. The van der Waals surface area contributed by atoms with E-state index < -0.39 is 5.63 Å². The summed E-state index contributed by atoms with van der Waals surface area (Å²) in [7, 11) is 0. The van der Waals surface area contributed by atoms with E-state index in [1.54, 1.807) is 36.4 Å². The number of fused-ring (bicyclic) bond motifs is 2. The predicted molar refractivity (Wildman–Crippen MR) is 97.8 cm³/mol. The summed E-state index contributed by atoms with van der Waals surface area (Å²) in [6.45, 7) is 2.39. The molecule has 0 radical (unpaired) electrons. The number of amides is 1. The quantitative estimate of drug-likeness (QED) is 0.559. The van der Waals surface area contributed by atoms with Crippen molar-refractivity contribution in [3.63, 3.8) is 0 Å². The van der Waals surface area contributed by atoms with Crippen LogP contribution in [0.25, 0.3) is 21.9 Å². The van der Waals surface area contributed by atoms with Gasteiger partial charge in [0, 0.05) is 22.5 Å². The van der Waals surface area contributed by atoms with Crippen molar-refractivity contribution < 1.29 is 18.4 Å². The van der Waals surface area contributed by atoms with Crippen LogP contribution in [0.5, 0.6) is 5.75 Å². The third-order valence-electron chi connectivity index (χ3n) is 3.91. The third-order valence-corrected chi connectivity index (χ3v) is 3.91. The highest BCUT2D eigenvalue weighted by Gasteiger charge is 2.15. The molecule has 0 unspecified atom stereocenters. The average molecular weight is 349 g/mol. The average Bonchev–Trinajstić information content (AvgIpc) is 3.08. The van der Waals surface area contributed by atoms with Crippen molar-refractivity contribution in [1.29, 1.82) is 0 Å². The Morgan fingerprint density at radius 1 is 1.04 bits per heavy atom. The summed E-state index contributed by atoms with van der Waals surface area (Å²) in [5, 5.41) is 4.29. The van der Waals surface area contributed by atoms with Gasteiger partial charge < -0.3 is 18.9 Å². The van der Waals surface area contributed by atoms with Crippen LogP contribution in [0.3, 0.4) is 0 Å². The van der Waals surface area contributed by atoms with Crippen molar-refractivity contribution in [1.82, 2.24) is 0 Å². The lowest BCUT2D eigenvalue weighted by Gasteiger charge is -2.04. The number of rotatable bonds is 4. The molecule has 0 aliphatic rings. The summed E-state index contributed by atoms with van der Waals surface area (Å²) in [5.41, 5.74) is 1.16. The zero-order valence-corrected chi connectivity index (χ0v) is 13.9. The molecule has 0 aliphatic carbocycles. The lowest BCUT2D eigenvalue weighted by molar-refractivity contribution is 0.0998. The number of para-hydroxylation sites is 1. The summed E-state index contributed by atoms with van der Waals surface area (Å²) in [6.07, 6.45) is 0. The molecule has 0 saturated heterocycles. The highest BCUT2D eigenvalue weighted by molar-refractivity contribution is 6.05. The number of ether oxygens (including phenoxy) is 1. The van der Waals surface area contributed by atoms with Gasteiger partial charge in [0.25, 0.3) is 5.91 Å². The summed E-state index contributed by atoms with van der Waals surface area (Å²) >= 11 is 0. The van der Waals surface area contributed by atoms with Crippen LogP contribution in [-0.2, 0) is 0 Å². The van der Waals surface area contributed by atoms with Gasteiger partial charge in [-0.1, -0.05) is 12.1 Å². The number of hydrogen-bond acceptors (Lipinski definition) is 5. The summed E-state index contributed by atoms with van der Waals surface area (Å²) in [6, 6.07) is 15.2. The lowest BCUT2D eigenvalue weighted by atomic mass is 10.2. The molecular formula is C20H15NO5. The summed E-state index contributed by atoms with van der Waals surface area (Å²) in [5.74, 6) is 0.414. The van der Waals surface area contributed by atoms with E-state index in [0.29, 0.717) is 34.6 Å². The molecule has 130 valence electrons. The van der Waals surface area contributed by atoms with E-state index in [4.69, 9.17) is 13.6 Å². The molecule has 0 aliphatic heterocycles. The Morgan fingerprint density at radius 2 is 1.92 bits per heavy atom. The van der Waals surface area contributed by atoms with E-state index in [1.165, 1.54) is 6.07 Å². The maximum absolute atomic E-state index is 12.5. The van der Waals surface area contributed by atoms with Gasteiger partial charge in [0.15, 0.2) is 17.1 Å². The second-order valence-corrected chi connectivity index (χ2v) is 5.68. The molecule has 0 fully saturated rings. The van der Waals surface area contributed by atoms with Gasteiger partial charge in [0.2, 0.25) is 0 Å². The summed E-state index contributed by atoms with van der Waals surface area (Å²) < 4.78 is 16.3. The first kappa shape index (κ1) is 16.0. The Bertz CT molecular complexity index is 1170. The van der Waals surface area contributed by atoms with Gasteiger partial charge in [-0.15, -0.1) is 0 Å². The standard InChI is InChI=1S/C20H15NO5/c1-2-24-16-5-3-4-13-11-17(26-19(13)16)20(23)21-14-7-8-15-12(10-14)6-9-18(22)25-15/h3-11H,2H2,1H3,(H,21,23). The minimum absolute atomic E-state index is 0.187. The van der Waals surface area contributed by atoms with Crippen LogP contribution in [0.15, 0.2) is 68.2 Å². The lowest BCUT2D eigenvalue weighted by Crippen LogP contribution is -2.10. The highest BCUT2D eigenvalue weighted by Crippen LogP contribution is 2.29. The molecule has 4 rings (SSSR count). The molecule has 0 saturated carbocycles. The van der Waals surface area contributed by atoms with Crippen molar-refractivity contribution in [2.45, 2.75) is 6.92 Å². The molecule has 0 atom stereocenters. The maximum atomic E-state index is 12.5. The first-order chi connectivity index (χ1) is 12.6. The first-order valence-corrected chi connectivity index (χ1v) is 8.14. The SMILES string of the molecule is CCOc1cccc2cc(C(=O)Nc3ccc4oc(=O)ccc4c3)oc12. The maximum Gasteiger partial charge on any atom is 0.336 e. The van der Waals surface area contributed by atoms with Crippen LogP contribution in [-0.4, -0.2) is 12.5 Å². The Balaban J connectivity index is 1.64. The van der Waals surface area contributed by atoms with Crippen molar-refractivity contribution in [3.05, 3.63) is 70.8 Å². The Morgan fingerprint density at radius 3 is 2.77 bits per heavy atom. The van der Waals surface area contributed by atoms with Crippen LogP contribution in [0.2, 0.25) is 0 Å². The van der Waals surface area contributed by atoms with E-state index in [9.17, 15) is 9.59 Å². The Kier molecular flexibility index (Phi) is 3.93. The van der Waals surface area contributed by atoms with E-state index in [0.717, 1.165) is 5.39 Å². The number of benzene rings is 2. The normalized spacial score (nSPS) is 11.0. The van der Waals surface area contributed by atoms with Gasteiger partial charge >= 0.3 is 5.63 Å². The summed E-state index contributed by atoms with van der Waals surface area (Å²) in [4.78, 5) is 23.8. The zero-order valence-electron chi connectivity index (χ0n) is 13.9. The number of hydrogen-bond donors (Lipinski definition) is 1. The molecule has 6 nitrogen and oxygen atoms in total. The predicted octanol–water partition coefficient (Wildman–Crippen LogP) is 4.19. The van der Waals surface area contributed by atoms with Gasteiger partial charge in [-0.2, -0.15) is 0 Å². The molecule has 2 aromatic carbocycles. The molecule has 1 N–H and O–H groups in total. The number of anilines is 1.